The number of sulfonamides is 1. The zero-order chi connectivity index (χ0) is 14.3. The van der Waals surface area contributed by atoms with Crippen molar-refractivity contribution in [2.24, 2.45) is 0 Å². The van der Waals surface area contributed by atoms with Gasteiger partial charge in [-0.25, -0.2) is 13.1 Å². The Bertz CT molecular complexity index is 383. The minimum Gasteiger partial charge on any atom is -0.469 e. The molecule has 2 atom stereocenters. The highest BCUT2D eigenvalue weighted by Crippen LogP contribution is 2.30. The number of nitrogens with one attached hydrogen (secondary N) is 1. The lowest BCUT2D eigenvalue weighted by Gasteiger charge is -2.13. The first-order chi connectivity index (χ1) is 8.96. The molecule has 0 heterocycles. The van der Waals surface area contributed by atoms with Crippen LogP contribution in [0.5, 0.6) is 0 Å². The lowest BCUT2D eigenvalue weighted by atomic mass is 10.3. The van der Waals surface area contributed by atoms with E-state index in [-0.39, 0.29) is 24.2 Å². The largest absolute Gasteiger partial charge is 0.469 e. The molecule has 0 aromatic rings. The van der Waals surface area contributed by atoms with Crippen molar-refractivity contribution in [1.82, 2.24) is 4.72 Å². The van der Waals surface area contributed by atoms with E-state index in [9.17, 15) is 13.2 Å². The first kappa shape index (κ1) is 16.8. The summed E-state index contributed by atoms with van der Waals surface area (Å²) in [6.07, 6.45) is 3.36. The van der Waals surface area contributed by atoms with E-state index in [1.54, 1.807) is 0 Å². The minimum absolute atomic E-state index is 0.00973. The maximum absolute atomic E-state index is 11.9. The van der Waals surface area contributed by atoms with Gasteiger partial charge in [0, 0.05) is 17.7 Å². The lowest BCUT2D eigenvalue weighted by Crippen LogP contribution is -2.35. The molecule has 0 aromatic carbocycles. The number of esters is 1. The van der Waals surface area contributed by atoms with Gasteiger partial charge < -0.3 is 4.74 Å². The molecule has 1 rings (SSSR count). The van der Waals surface area contributed by atoms with E-state index < -0.39 is 10.0 Å². The third-order valence-electron chi connectivity index (χ3n) is 3.15. The van der Waals surface area contributed by atoms with Crippen molar-refractivity contribution in [1.29, 1.82) is 0 Å². The van der Waals surface area contributed by atoms with Gasteiger partial charge in [-0.2, -0.15) is 11.8 Å². The molecule has 0 spiro atoms. The molecule has 19 heavy (non-hydrogen) atoms. The van der Waals surface area contributed by atoms with Gasteiger partial charge in [-0.3, -0.25) is 4.79 Å². The van der Waals surface area contributed by atoms with Crippen molar-refractivity contribution in [3.05, 3.63) is 0 Å². The van der Waals surface area contributed by atoms with Crippen LogP contribution in [0.1, 0.15) is 39.0 Å². The molecular weight excluding hydrogens is 286 g/mol. The number of methoxy groups -OCH3 is 1. The summed E-state index contributed by atoms with van der Waals surface area (Å²) in [4.78, 5) is 10.9. The van der Waals surface area contributed by atoms with Crippen LogP contribution in [0.25, 0.3) is 0 Å². The van der Waals surface area contributed by atoms with Crippen LogP contribution >= 0.6 is 11.8 Å². The van der Waals surface area contributed by atoms with Crippen LogP contribution in [0.3, 0.4) is 0 Å². The van der Waals surface area contributed by atoms with E-state index in [0.717, 1.165) is 25.0 Å². The summed E-state index contributed by atoms with van der Waals surface area (Å²) >= 11 is 1.90. The van der Waals surface area contributed by atoms with Gasteiger partial charge in [0.15, 0.2) is 0 Å². The van der Waals surface area contributed by atoms with E-state index in [2.05, 4.69) is 16.4 Å². The fraction of sp³-hybridized carbons (Fsp3) is 0.917. The number of rotatable bonds is 8. The van der Waals surface area contributed by atoms with E-state index in [0.29, 0.717) is 11.7 Å². The van der Waals surface area contributed by atoms with E-state index in [1.165, 1.54) is 7.11 Å². The molecule has 1 fully saturated rings. The molecule has 0 aromatic heterocycles. The maximum atomic E-state index is 11.9. The number of carbonyl (C=O) groups excluding carboxylic acids is 1. The molecule has 0 bridgehead atoms. The normalized spacial score (nSPS) is 23.5. The molecule has 0 aliphatic heterocycles. The van der Waals surface area contributed by atoms with Crippen molar-refractivity contribution < 1.29 is 17.9 Å². The van der Waals surface area contributed by atoms with Crippen molar-refractivity contribution in [2.45, 2.75) is 50.3 Å². The minimum atomic E-state index is -3.27. The second-order valence-electron chi connectivity index (χ2n) is 4.70. The fourth-order valence-corrected chi connectivity index (χ4v) is 4.76. The number of ether oxygens (including phenoxy) is 1. The lowest BCUT2D eigenvalue weighted by molar-refractivity contribution is -0.140. The van der Waals surface area contributed by atoms with Gasteiger partial charge in [0.05, 0.1) is 12.9 Å². The second-order valence-corrected chi connectivity index (χ2v) is 8.15. The van der Waals surface area contributed by atoms with Crippen LogP contribution in [-0.2, 0) is 19.6 Å². The Hall–Kier alpha value is -0.270. The zero-order valence-corrected chi connectivity index (χ0v) is 13.2. The molecule has 1 N–H and O–H groups in total. The molecule has 7 heteroatoms. The monoisotopic (exact) mass is 309 g/mol. The summed E-state index contributed by atoms with van der Waals surface area (Å²) in [6.45, 7) is 2.12. The molecule has 1 aliphatic rings. The van der Waals surface area contributed by atoms with Crippen LogP contribution < -0.4 is 4.72 Å². The highest BCUT2D eigenvalue weighted by molar-refractivity contribution is 7.99. The Labute approximate surface area is 119 Å². The highest BCUT2D eigenvalue weighted by atomic mass is 32.2. The van der Waals surface area contributed by atoms with Crippen LogP contribution in [0, 0.1) is 0 Å². The Morgan fingerprint density at radius 3 is 2.79 bits per heavy atom. The predicted octanol–water partition coefficient (Wildman–Crippen LogP) is 1.53. The third kappa shape index (κ3) is 6.63. The summed E-state index contributed by atoms with van der Waals surface area (Å²) in [6, 6.07) is 0.0622. The molecule has 0 saturated heterocycles. The topological polar surface area (TPSA) is 72.5 Å². The molecule has 112 valence electrons. The predicted molar refractivity (Wildman–Crippen MR) is 77.7 cm³/mol. The van der Waals surface area contributed by atoms with E-state index >= 15 is 0 Å². The summed E-state index contributed by atoms with van der Waals surface area (Å²) in [5.74, 6) is 0.698. The molecular formula is C12H23NO4S2. The standard InChI is InChI=1S/C12H23NO4S2/c1-3-18-11-7-6-10(9-11)13-19(15,16)8-4-5-12(14)17-2/h10-11,13H,3-9H2,1-2H3. The van der Waals surface area contributed by atoms with Crippen LogP contribution in [0.15, 0.2) is 0 Å². The first-order valence-corrected chi connectivity index (χ1v) is 9.35. The van der Waals surface area contributed by atoms with Crippen molar-refractivity contribution in [3.8, 4) is 0 Å². The molecule has 1 aliphatic carbocycles. The zero-order valence-electron chi connectivity index (χ0n) is 11.6. The first-order valence-electron chi connectivity index (χ1n) is 6.65. The highest BCUT2D eigenvalue weighted by Gasteiger charge is 2.27. The smallest absolute Gasteiger partial charge is 0.305 e. The molecule has 0 amide bonds. The number of hydrogen-bond acceptors (Lipinski definition) is 5. The summed E-state index contributed by atoms with van der Waals surface area (Å²) in [5.41, 5.74) is 0. The Morgan fingerprint density at radius 2 is 2.16 bits per heavy atom. The summed E-state index contributed by atoms with van der Waals surface area (Å²) < 4.78 is 30.9. The van der Waals surface area contributed by atoms with Gasteiger partial charge in [-0.15, -0.1) is 0 Å². The van der Waals surface area contributed by atoms with Gasteiger partial charge in [-0.1, -0.05) is 6.92 Å². The second kappa shape index (κ2) is 8.11. The average Bonchev–Trinajstić information content (AvgIpc) is 2.75. The van der Waals surface area contributed by atoms with Gasteiger partial charge in [0.1, 0.15) is 0 Å². The maximum Gasteiger partial charge on any atom is 0.305 e. The van der Waals surface area contributed by atoms with Crippen LogP contribution in [0.2, 0.25) is 0 Å². The Kier molecular flexibility index (Phi) is 7.17. The summed E-state index contributed by atoms with van der Waals surface area (Å²) in [5, 5.41) is 0.577. The van der Waals surface area contributed by atoms with Gasteiger partial charge >= 0.3 is 5.97 Å². The van der Waals surface area contributed by atoms with Gasteiger partial charge in [0.25, 0.3) is 0 Å². The molecule has 2 unspecified atom stereocenters. The van der Waals surface area contributed by atoms with Crippen LogP contribution in [0.4, 0.5) is 0 Å². The van der Waals surface area contributed by atoms with Crippen molar-refractivity contribution >= 4 is 27.8 Å². The number of thioether (sulfide) groups is 1. The molecule has 5 nitrogen and oxygen atoms in total. The molecule has 0 radical (unpaired) electrons. The average molecular weight is 309 g/mol. The van der Waals surface area contributed by atoms with Crippen molar-refractivity contribution in [3.63, 3.8) is 0 Å². The third-order valence-corrected chi connectivity index (χ3v) is 5.91. The SMILES string of the molecule is CCSC1CCC(NS(=O)(=O)CCCC(=O)OC)C1. The van der Waals surface area contributed by atoms with E-state index in [4.69, 9.17) is 0 Å². The number of carbonyl (C=O) groups is 1. The van der Waals surface area contributed by atoms with Gasteiger partial charge in [-0.05, 0) is 31.4 Å². The number of hydrogen-bond donors (Lipinski definition) is 1. The fourth-order valence-electron chi connectivity index (χ4n) is 2.26. The van der Waals surface area contributed by atoms with Crippen LogP contribution in [-0.4, -0.2) is 44.3 Å². The Morgan fingerprint density at radius 1 is 1.42 bits per heavy atom. The Balaban J connectivity index is 2.29. The van der Waals surface area contributed by atoms with E-state index in [1.807, 2.05) is 11.8 Å². The molecule has 1 saturated carbocycles. The van der Waals surface area contributed by atoms with Crippen molar-refractivity contribution in [2.75, 3.05) is 18.6 Å². The van der Waals surface area contributed by atoms with Gasteiger partial charge in [0.2, 0.25) is 10.0 Å². The quantitative estimate of drug-likeness (QED) is 0.689. The summed E-state index contributed by atoms with van der Waals surface area (Å²) in [7, 11) is -1.97.